The van der Waals surface area contributed by atoms with E-state index in [4.69, 9.17) is 16.1 Å². The average molecular weight is 334 g/mol. The number of hydrogen-bond acceptors (Lipinski definition) is 3. The molecule has 5 nitrogen and oxygen atoms in total. The second-order valence-electron chi connectivity index (χ2n) is 6.05. The summed E-state index contributed by atoms with van der Waals surface area (Å²) in [6.45, 7) is 4.12. The maximum atomic E-state index is 12.3. The van der Waals surface area contributed by atoms with Gasteiger partial charge in [-0.1, -0.05) is 28.9 Å². The first-order chi connectivity index (χ1) is 11.0. The first kappa shape index (κ1) is 15.9. The fraction of sp³-hybridized carbons (Fsp3) is 0.412. The molecule has 0 saturated heterocycles. The normalized spacial score (nSPS) is 15.8. The molecule has 0 spiro atoms. The lowest BCUT2D eigenvalue weighted by atomic mass is 9.72. The third-order valence-corrected chi connectivity index (χ3v) is 4.82. The molecule has 2 amide bonds. The summed E-state index contributed by atoms with van der Waals surface area (Å²) in [6, 6.07) is 7.51. The van der Waals surface area contributed by atoms with Crippen LogP contribution < -0.4 is 10.6 Å². The van der Waals surface area contributed by atoms with Crippen molar-refractivity contribution in [2.45, 2.75) is 45.2 Å². The van der Waals surface area contributed by atoms with Crippen molar-refractivity contribution >= 4 is 17.6 Å². The van der Waals surface area contributed by atoms with Gasteiger partial charge in [0.1, 0.15) is 5.76 Å². The summed E-state index contributed by atoms with van der Waals surface area (Å²) in [7, 11) is 0. The molecule has 1 aromatic carbocycles. The maximum absolute atomic E-state index is 12.3. The van der Waals surface area contributed by atoms with Crippen LogP contribution in [0.2, 0.25) is 5.02 Å². The Balaban J connectivity index is 1.65. The summed E-state index contributed by atoms with van der Waals surface area (Å²) in [4.78, 5) is 12.3. The first-order valence-electron chi connectivity index (χ1n) is 7.74. The van der Waals surface area contributed by atoms with E-state index in [1.165, 1.54) is 0 Å². The molecule has 0 unspecified atom stereocenters. The molecule has 0 atom stereocenters. The topological polar surface area (TPSA) is 67.2 Å². The van der Waals surface area contributed by atoms with E-state index in [1.807, 2.05) is 38.1 Å². The van der Waals surface area contributed by atoms with Crippen LogP contribution >= 0.6 is 11.6 Å². The Kier molecular flexibility index (Phi) is 4.31. The number of rotatable bonds is 4. The molecule has 1 aliphatic rings. The van der Waals surface area contributed by atoms with E-state index in [0.29, 0.717) is 11.6 Å². The molecule has 2 N–H and O–H groups in total. The van der Waals surface area contributed by atoms with E-state index in [-0.39, 0.29) is 11.6 Å². The highest BCUT2D eigenvalue weighted by molar-refractivity contribution is 6.30. The fourth-order valence-electron chi connectivity index (χ4n) is 2.97. The molecule has 1 fully saturated rings. The number of halogens is 1. The molecule has 0 radical (unpaired) electrons. The van der Waals surface area contributed by atoms with Crippen molar-refractivity contribution in [3.05, 3.63) is 51.9 Å². The second kappa shape index (κ2) is 6.24. The molecule has 0 bridgehead atoms. The summed E-state index contributed by atoms with van der Waals surface area (Å²) >= 11 is 5.95. The van der Waals surface area contributed by atoms with Crippen LogP contribution in [0, 0.1) is 13.8 Å². The Hall–Kier alpha value is -2.01. The highest BCUT2D eigenvalue weighted by Gasteiger charge is 2.40. The van der Waals surface area contributed by atoms with Gasteiger partial charge >= 0.3 is 6.03 Å². The van der Waals surface area contributed by atoms with Gasteiger partial charge in [-0.25, -0.2) is 4.79 Å². The first-order valence-corrected chi connectivity index (χ1v) is 8.12. The standard InChI is InChI=1S/C17H20ClN3O2/c1-11-15(12(2)23-21-11)10-19-16(22)20-17(8-3-9-17)13-4-6-14(18)7-5-13/h4-7H,3,8-10H2,1-2H3,(H2,19,20,22). The Morgan fingerprint density at radius 2 is 2.00 bits per heavy atom. The number of benzene rings is 1. The second-order valence-corrected chi connectivity index (χ2v) is 6.49. The van der Waals surface area contributed by atoms with Crippen molar-refractivity contribution in [2.24, 2.45) is 0 Å². The molecular formula is C17H20ClN3O2. The van der Waals surface area contributed by atoms with E-state index in [1.54, 1.807) is 0 Å². The number of nitrogens with zero attached hydrogens (tertiary/aromatic N) is 1. The zero-order valence-electron chi connectivity index (χ0n) is 13.3. The van der Waals surface area contributed by atoms with Gasteiger partial charge in [-0.15, -0.1) is 0 Å². The zero-order chi connectivity index (χ0) is 16.4. The van der Waals surface area contributed by atoms with Crippen molar-refractivity contribution in [3.63, 3.8) is 0 Å². The van der Waals surface area contributed by atoms with Crippen LogP contribution in [-0.4, -0.2) is 11.2 Å². The fourth-order valence-corrected chi connectivity index (χ4v) is 3.10. The van der Waals surface area contributed by atoms with Crippen LogP contribution in [0.3, 0.4) is 0 Å². The van der Waals surface area contributed by atoms with E-state index in [9.17, 15) is 4.79 Å². The van der Waals surface area contributed by atoms with E-state index < -0.39 is 0 Å². The minimum Gasteiger partial charge on any atom is -0.361 e. The Morgan fingerprint density at radius 3 is 2.52 bits per heavy atom. The SMILES string of the molecule is Cc1noc(C)c1CNC(=O)NC1(c2ccc(Cl)cc2)CCC1. The van der Waals surface area contributed by atoms with Crippen LogP contribution in [-0.2, 0) is 12.1 Å². The van der Waals surface area contributed by atoms with Crippen molar-refractivity contribution in [3.8, 4) is 0 Å². The molecule has 0 aliphatic heterocycles. The number of aryl methyl sites for hydroxylation is 2. The number of aromatic nitrogens is 1. The van der Waals surface area contributed by atoms with Crippen LogP contribution in [0.1, 0.15) is 41.8 Å². The third-order valence-electron chi connectivity index (χ3n) is 4.56. The molecule has 1 saturated carbocycles. The molecule has 1 heterocycles. The van der Waals surface area contributed by atoms with Gasteiger partial charge in [-0.3, -0.25) is 0 Å². The summed E-state index contributed by atoms with van der Waals surface area (Å²) in [5.41, 5.74) is 2.54. The summed E-state index contributed by atoms with van der Waals surface area (Å²) < 4.78 is 5.11. The lowest BCUT2D eigenvalue weighted by Gasteiger charge is -2.43. The molecule has 6 heteroatoms. The monoisotopic (exact) mass is 333 g/mol. The van der Waals surface area contributed by atoms with Gasteiger partial charge in [-0.2, -0.15) is 0 Å². The lowest BCUT2D eigenvalue weighted by molar-refractivity contribution is 0.177. The smallest absolute Gasteiger partial charge is 0.315 e. The largest absolute Gasteiger partial charge is 0.361 e. The Labute approximate surface area is 140 Å². The number of nitrogens with one attached hydrogen (secondary N) is 2. The summed E-state index contributed by atoms with van der Waals surface area (Å²) in [5.74, 6) is 0.735. The van der Waals surface area contributed by atoms with Gasteiger partial charge in [0.15, 0.2) is 0 Å². The minimum atomic E-state index is -0.284. The predicted molar refractivity (Wildman–Crippen MR) is 88.3 cm³/mol. The highest BCUT2D eigenvalue weighted by Crippen LogP contribution is 2.41. The van der Waals surface area contributed by atoms with Crippen molar-refractivity contribution in [1.29, 1.82) is 0 Å². The quantitative estimate of drug-likeness (QED) is 0.893. The molecule has 2 aromatic rings. The maximum Gasteiger partial charge on any atom is 0.315 e. The van der Waals surface area contributed by atoms with Crippen LogP contribution in [0.4, 0.5) is 4.79 Å². The molecule has 23 heavy (non-hydrogen) atoms. The van der Waals surface area contributed by atoms with Crippen molar-refractivity contribution in [2.75, 3.05) is 0 Å². The average Bonchev–Trinajstić information content (AvgIpc) is 2.81. The number of hydrogen-bond donors (Lipinski definition) is 2. The van der Waals surface area contributed by atoms with Crippen molar-refractivity contribution < 1.29 is 9.32 Å². The Bertz CT molecular complexity index is 686. The number of carbonyl (C=O) groups excluding carboxylic acids is 1. The van der Waals surface area contributed by atoms with Crippen molar-refractivity contribution in [1.82, 2.24) is 15.8 Å². The van der Waals surface area contributed by atoms with Gasteiger partial charge in [0.25, 0.3) is 0 Å². The highest BCUT2D eigenvalue weighted by atomic mass is 35.5. The Morgan fingerprint density at radius 1 is 1.30 bits per heavy atom. The molecule has 122 valence electrons. The van der Waals surface area contributed by atoms with Gasteiger partial charge < -0.3 is 15.2 Å². The van der Waals surface area contributed by atoms with E-state index in [0.717, 1.165) is 41.8 Å². The van der Waals surface area contributed by atoms with E-state index in [2.05, 4.69) is 15.8 Å². The summed E-state index contributed by atoms with van der Waals surface area (Å²) in [6.07, 6.45) is 2.98. The van der Waals surface area contributed by atoms with Gasteiger partial charge in [-0.05, 0) is 50.8 Å². The number of carbonyl (C=O) groups is 1. The van der Waals surface area contributed by atoms with E-state index >= 15 is 0 Å². The minimum absolute atomic E-state index is 0.181. The van der Waals surface area contributed by atoms with Gasteiger partial charge in [0.05, 0.1) is 11.2 Å². The van der Waals surface area contributed by atoms with Crippen LogP contribution in [0.15, 0.2) is 28.8 Å². The van der Waals surface area contributed by atoms with Crippen LogP contribution in [0.5, 0.6) is 0 Å². The zero-order valence-corrected chi connectivity index (χ0v) is 14.0. The van der Waals surface area contributed by atoms with Crippen LogP contribution in [0.25, 0.3) is 0 Å². The molecular weight excluding hydrogens is 314 g/mol. The molecule has 1 aliphatic carbocycles. The summed E-state index contributed by atoms with van der Waals surface area (Å²) in [5, 5.41) is 10.6. The lowest BCUT2D eigenvalue weighted by Crippen LogP contribution is -2.53. The van der Waals surface area contributed by atoms with Gasteiger partial charge in [0.2, 0.25) is 0 Å². The molecule has 1 aromatic heterocycles. The third kappa shape index (κ3) is 3.20. The van der Waals surface area contributed by atoms with Gasteiger partial charge in [0, 0.05) is 17.1 Å². The predicted octanol–water partition coefficient (Wildman–Crippen LogP) is 3.82. The molecule has 3 rings (SSSR count). The number of amides is 2. The number of urea groups is 1.